The zero-order chi connectivity index (χ0) is 13.7. The third kappa shape index (κ3) is 3.58. The maximum atomic E-state index is 6.36. The van der Waals surface area contributed by atoms with Crippen LogP contribution in [0.3, 0.4) is 0 Å². The van der Waals surface area contributed by atoms with Gasteiger partial charge in [0.05, 0.1) is 12.6 Å². The van der Waals surface area contributed by atoms with E-state index in [0.717, 1.165) is 27.8 Å². The van der Waals surface area contributed by atoms with E-state index in [0.29, 0.717) is 6.61 Å². The molecular formula is C16H18BrNO. The summed E-state index contributed by atoms with van der Waals surface area (Å²) in [5.41, 5.74) is 8.45. The summed E-state index contributed by atoms with van der Waals surface area (Å²) in [6.45, 7) is 2.80. The molecule has 0 saturated carbocycles. The lowest BCUT2D eigenvalue weighted by atomic mass is 9.99. The second kappa shape index (κ2) is 6.73. The van der Waals surface area contributed by atoms with Crippen LogP contribution < -0.4 is 10.5 Å². The van der Waals surface area contributed by atoms with Crippen LogP contribution in [0.2, 0.25) is 0 Å². The Hall–Kier alpha value is -1.32. The number of nitrogens with two attached hydrogens (primary N) is 1. The van der Waals surface area contributed by atoms with Crippen molar-refractivity contribution in [3.8, 4) is 5.75 Å². The standard InChI is InChI=1S/C16H18BrNO/c1-2-10-19-15-9-4-3-8-14(15)16(18)12-6-5-7-13(17)11-12/h3-9,11,16H,2,10,18H2,1H3. The van der Waals surface area contributed by atoms with Crippen molar-refractivity contribution >= 4 is 15.9 Å². The predicted octanol–water partition coefficient (Wildman–Crippen LogP) is 4.29. The molecule has 0 saturated heterocycles. The summed E-state index contributed by atoms with van der Waals surface area (Å²) in [7, 11) is 0. The highest BCUT2D eigenvalue weighted by molar-refractivity contribution is 9.10. The lowest BCUT2D eigenvalue weighted by molar-refractivity contribution is 0.313. The topological polar surface area (TPSA) is 35.2 Å². The molecule has 0 aromatic heterocycles. The number of hydrogen-bond acceptors (Lipinski definition) is 2. The summed E-state index contributed by atoms with van der Waals surface area (Å²) in [5.74, 6) is 0.872. The van der Waals surface area contributed by atoms with Crippen LogP contribution in [-0.2, 0) is 0 Å². The van der Waals surface area contributed by atoms with Crippen LogP contribution in [-0.4, -0.2) is 6.61 Å². The van der Waals surface area contributed by atoms with Gasteiger partial charge in [-0.05, 0) is 30.2 Å². The van der Waals surface area contributed by atoms with E-state index < -0.39 is 0 Å². The summed E-state index contributed by atoms with van der Waals surface area (Å²) in [5, 5.41) is 0. The van der Waals surface area contributed by atoms with Crippen molar-refractivity contribution in [2.45, 2.75) is 19.4 Å². The molecule has 2 nitrogen and oxygen atoms in total. The lowest BCUT2D eigenvalue weighted by Crippen LogP contribution is -2.13. The Bertz CT molecular complexity index is 542. The van der Waals surface area contributed by atoms with Gasteiger partial charge in [-0.15, -0.1) is 0 Å². The molecule has 0 fully saturated rings. The van der Waals surface area contributed by atoms with Gasteiger partial charge >= 0.3 is 0 Å². The molecular weight excluding hydrogens is 302 g/mol. The highest BCUT2D eigenvalue weighted by Gasteiger charge is 2.13. The fraction of sp³-hybridized carbons (Fsp3) is 0.250. The van der Waals surface area contributed by atoms with Gasteiger partial charge in [0, 0.05) is 10.0 Å². The minimum absolute atomic E-state index is 0.175. The minimum atomic E-state index is -0.175. The number of halogens is 1. The van der Waals surface area contributed by atoms with Gasteiger partial charge in [-0.2, -0.15) is 0 Å². The van der Waals surface area contributed by atoms with Crippen LogP contribution in [0.4, 0.5) is 0 Å². The van der Waals surface area contributed by atoms with Crippen LogP contribution in [0.1, 0.15) is 30.5 Å². The summed E-state index contributed by atoms with van der Waals surface area (Å²) >= 11 is 3.48. The van der Waals surface area contributed by atoms with E-state index in [2.05, 4.69) is 22.9 Å². The molecule has 0 amide bonds. The molecule has 1 unspecified atom stereocenters. The van der Waals surface area contributed by atoms with Gasteiger partial charge in [-0.25, -0.2) is 0 Å². The fourth-order valence-corrected chi connectivity index (χ4v) is 2.38. The van der Waals surface area contributed by atoms with Crippen LogP contribution >= 0.6 is 15.9 Å². The first-order valence-electron chi connectivity index (χ1n) is 6.45. The van der Waals surface area contributed by atoms with E-state index in [1.54, 1.807) is 0 Å². The average Bonchev–Trinajstić information content (AvgIpc) is 2.44. The average molecular weight is 320 g/mol. The Kier molecular flexibility index (Phi) is 5.00. The van der Waals surface area contributed by atoms with E-state index in [-0.39, 0.29) is 6.04 Å². The predicted molar refractivity (Wildman–Crippen MR) is 82.4 cm³/mol. The molecule has 0 aliphatic rings. The van der Waals surface area contributed by atoms with Crippen LogP contribution in [0.25, 0.3) is 0 Å². The third-order valence-electron chi connectivity index (χ3n) is 2.92. The van der Waals surface area contributed by atoms with Crippen molar-refractivity contribution < 1.29 is 4.74 Å². The van der Waals surface area contributed by atoms with E-state index in [4.69, 9.17) is 10.5 Å². The van der Waals surface area contributed by atoms with Gasteiger partial charge in [-0.3, -0.25) is 0 Å². The van der Waals surface area contributed by atoms with Crippen LogP contribution in [0.5, 0.6) is 5.75 Å². The number of para-hydroxylation sites is 1. The fourth-order valence-electron chi connectivity index (χ4n) is 1.96. The van der Waals surface area contributed by atoms with Gasteiger partial charge in [0.2, 0.25) is 0 Å². The molecule has 1 atom stereocenters. The normalized spacial score (nSPS) is 12.2. The molecule has 0 radical (unpaired) electrons. The molecule has 2 aromatic rings. The molecule has 0 aliphatic heterocycles. The Morgan fingerprint density at radius 3 is 2.68 bits per heavy atom. The molecule has 3 heteroatoms. The summed E-state index contributed by atoms with van der Waals surface area (Å²) in [6, 6.07) is 15.9. The van der Waals surface area contributed by atoms with E-state index in [1.807, 2.05) is 48.5 Å². The largest absolute Gasteiger partial charge is 0.493 e. The molecule has 100 valence electrons. The maximum absolute atomic E-state index is 6.36. The van der Waals surface area contributed by atoms with Crippen LogP contribution in [0, 0.1) is 0 Å². The highest BCUT2D eigenvalue weighted by Crippen LogP contribution is 2.29. The molecule has 0 aliphatic carbocycles. The van der Waals surface area contributed by atoms with Gasteiger partial charge in [0.1, 0.15) is 5.75 Å². The summed E-state index contributed by atoms with van der Waals surface area (Å²) in [6.07, 6.45) is 0.987. The second-order valence-corrected chi connectivity index (χ2v) is 5.33. The Balaban J connectivity index is 2.30. The van der Waals surface area contributed by atoms with Crippen molar-refractivity contribution in [3.63, 3.8) is 0 Å². The van der Waals surface area contributed by atoms with Crippen molar-refractivity contribution in [3.05, 3.63) is 64.1 Å². The Morgan fingerprint density at radius 1 is 1.16 bits per heavy atom. The Morgan fingerprint density at radius 2 is 1.95 bits per heavy atom. The second-order valence-electron chi connectivity index (χ2n) is 4.42. The van der Waals surface area contributed by atoms with Gasteiger partial charge < -0.3 is 10.5 Å². The summed E-state index contributed by atoms with van der Waals surface area (Å²) in [4.78, 5) is 0. The van der Waals surface area contributed by atoms with Gasteiger partial charge in [0.15, 0.2) is 0 Å². The minimum Gasteiger partial charge on any atom is -0.493 e. The smallest absolute Gasteiger partial charge is 0.124 e. The van der Waals surface area contributed by atoms with E-state index in [9.17, 15) is 0 Å². The van der Waals surface area contributed by atoms with E-state index >= 15 is 0 Å². The number of rotatable bonds is 5. The lowest BCUT2D eigenvalue weighted by Gasteiger charge is -2.17. The van der Waals surface area contributed by atoms with Crippen LogP contribution in [0.15, 0.2) is 53.0 Å². The molecule has 0 heterocycles. The summed E-state index contributed by atoms with van der Waals surface area (Å²) < 4.78 is 6.80. The number of benzene rings is 2. The molecule has 2 N–H and O–H groups in total. The van der Waals surface area contributed by atoms with Crippen molar-refractivity contribution in [1.29, 1.82) is 0 Å². The highest BCUT2D eigenvalue weighted by atomic mass is 79.9. The van der Waals surface area contributed by atoms with E-state index in [1.165, 1.54) is 0 Å². The monoisotopic (exact) mass is 319 g/mol. The zero-order valence-corrected chi connectivity index (χ0v) is 12.6. The first-order chi connectivity index (χ1) is 9.22. The molecule has 0 spiro atoms. The number of hydrogen-bond donors (Lipinski definition) is 1. The van der Waals surface area contributed by atoms with Crippen molar-refractivity contribution in [1.82, 2.24) is 0 Å². The third-order valence-corrected chi connectivity index (χ3v) is 3.42. The zero-order valence-electron chi connectivity index (χ0n) is 11.0. The van der Waals surface area contributed by atoms with Gasteiger partial charge in [0.25, 0.3) is 0 Å². The number of ether oxygens (including phenoxy) is 1. The Labute approximate surface area is 122 Å². The first kappa shape index (κ1) is 14.1. The molecule has 0 bridgehead atoms. The molecule has 2 rings (SSSR count). The molecule has 2 aromatic carbocycles. The first-order valence-corrected chi connectivity index (χ1v) is 7.24. The van der Waals surface area contributed by atoms with Gasteiger partial charge in [-0.1, -0.05) is 53.2 Å². The molecule has 19 heavy (non-hydrogen) atoms. The van der Waals surface area contributed by atoms with Crippen molar-refractivity contribution in [2.75, 3.05) is 6.61 Å². The van der Waals surface area contributed by atoms with Crippen molar-refractivity contribution in [2.24, 2.45) is 5.73 Å². The quantitative estimate of drug-likeness (QED) is 0.892. The maximum Gasteiger partial charge on any atom is 0.124 e. The SMILES string of the molecule is CCCOc1ccccc1C(N)c1cccc(Br)c1.